The topological polar surface area (TPSA) is 63.2 Å². The maximum Gasteiger partial charge on any atom is 0.338 e. The van der Waals surface area contributed by atoms with Crippen molar-refractivity contribution in [3.05, 3.63) is 150 Å². The summed E-state index contributed by atoms with van der Waals surface area (Å²) in [5.74, 6) is 0.148. The summed E-state index contributed by atoms with van der Waals surface area (Å²) in [6, 6.07) is 36.3. The number of esters is 1. The summed E-state index contributed by atoms with van der Waals surface area (Å²) in [6.45, 7) is 5.09. The second kappa shape index (κ2) is 16.1. The molecule has 0 saturated carbocycles. The number of hydrogen-bond acceptors (Lipinski definition) is 6. The molecule has 0 aliphatic heterocycles. The monoisotopic (exact) mass is 552 g/mol. The van der Waals surface area contributed by atoms with E-state index in [1.54, 1.807) is 37.5 Å². The highest BCUT2D eigenvalue weighted by Gasteiger charge is 2.33. The molecular weight excluding hydrogens is 516 g/mol. The lowest BCUT2D eigenvalue weighted by Gasteiger charge is -2.32. The molecule has 0 heterocycles. The fourth-order valence-electron chi connectivity index (χ4n) is 4.24. The van der Waals surface area contributed by atoms with Crippen LogP contribution in [0.3, 0.4) is 0 Å². The summed E-state index contributed by atoms with van der Waals surface area (Å²) in [6.07, 6.45) is -0.401. The van der Waals surface area contributed by atoms with Gasteiger partial charge in [-0.15, -0.1) is 6.58 Å². The minimum Gasteiger partial charge on any atom is -0.497 e. The first-order valence-electron chi connectivity index (χ1n) is 13.6. The van der Waals surface area contributed by atoms with Crippen LogP contribution in [-0.2, 0) is 38.8 Å². The lowest BCUT2D eigenvalue weighted by atomic mass is 10.1. The predicted molar refractivity (Wildman–Crippen MR) is 159 cm³/mol. The molecule has 0 fully saturated rings. The zero-order valence-electron chi connectivity index (χ0n) is 23.3. The molecule has 3 atom stereocenters. The van der Waals surface area contributed by atoms with Gasteiger partial charge in [0.05, 0.1) is 39.1 Å². The number of hydrogen-bond donors (Lipinski definition) is 0. The minimum absolute atomic E-state index is 0.0925. The van der Waals surface area contributed by atoms with Crippen LogP contribution in [0.25, 0.3) is 0 Å². The first-order valence-corrected chi connectivity index (χ1v) is 13.6. The van der Waals surface area contributed by atoms with Gasteiger partial charge in [-0.05, 0) is 41.0 Å². The van der Waals surface area contributed by atoms with Crippen molar-refractivity contribution in [3.63, 3.8) is 0 Å². The molecule has 0 amide bonds. The van der Waals surface area contributed by atoms with Gasteiger partial charge in [0.1, 0.15) is 18.0 Å². The zero-order chi connectivity index (χ0) is 28.7. The van der Waals surface area contributed by atoms with Crippen molar-refractivity contribution < 1.29 is 28.5 Å². The molecule has 4 aromatic rings. The highest BCUT2D eigenvalue weighted by atomic mass is 16.6. The van der Waals surface area contributed by atoms with E-state index in [-0.39, 0.29) is 6.61 Å². The summed E-state index contributed by atoms with van der Waals surface area (Å²) in [4.78, 5) is 13.3. The summed E-state index contributed by atoms with van der Waals surface area (Å²) in [5, 5.41) is 0. The van der Waals surface area contributed by atoms with E-state index < -0.39 is 24.3 Å². The maximum atomic E-state index is 13.3. The van der Waals surface area contributed by atoms with Gasteiger partial charge in [-0.3, -0.25) is 0 Å². The van der Waals surface area contributed by atoms with E-state index in [9.17, 15) is 4.79 Å². The highest BCUT2D eigenvalue weighted by molar-refractivity contribution is 5.89. The molecule has 212 valence electrons. The van der Waals surface area contributed by atoms with Crippen LogP contribution in [0.2, 0.25) is 0 Å². The number of benzene rings is 4. The van der Waals surface area contributed by atoms with Crippen LogP contribution in [0.4, 0.5) is 0 Å². The summed E-state index contributed by atoms with van der Waals surface area (Å²) in [7, 11) is 1.58. The van der Waals surface area contributed by atoms with Crippen LogP contribution >= 0.6 is 0 Å². The molecule has 4 rings (SSSR count). The molecule has 0 aromatic heterocycles. The number of carbonyl (C=O) groups is 1. The molecule has 0 aliphatic carbocycles. The van der Waals surface area contributed by atoms with Crippen LogP contribution in [0.15, 0.2) is 128 Å². The number of ether oxygens (including phenoxy) is 5. The number of carbonyl (C=O) groups excluding carboxylic acids is 1. The van der Waals surface area contributed by atoms with E-state index in [0.29, 0.717) is 31.1 Å². The summed E-state index contributed by atoms with van der Waals surface area (Å²) in [5.41, 5.74) is 3.39. The molecule has 0 bridgehead atoms. The summed E-state index contributed by atoms with van der Waals surface area (Å²) >= 11 is 0. The van der Waals surface area contributed by atoms with Crippen molar-refractivity contribution >= 4 is 5.97 Å². The lowest BCUT2D eigenvalue weighted by Crippen LogP contribution is -2.45. The second-order valence-electron chi connectivity index (χ2n) is 9.43. The third-order valence-corrected chi connectivity index (χ3v) is 6.47. The van der Waals surface area contributed by atoms with Gasteiger partial charge >= 0.3 is 5.97 Å². The SMILES string of the molecule is C=C[C@@H](OCc1ccccc1)[C@H](OCc1ccccc1)[C@@H](COCc1ccccc1)OC(=O)c1ccc(OC)cc1. The van der Waals surface area contributed by atoms with E-state index in [4.69, 9.17) is 23.7 Å². The molecule has 0 spiro atoms. The standard InChI is InChI=1S/C35H36O6/c1-3-32(39-24-28-15-9-5-10-16-28)34(40-25-29-17-11-6-12-18-29)33(26-38-23-27-13-7-4-8-14-27)41-35(36)30-19-21-31(37-2)22-20-30/h3-22,32-34H,1,23-26H2,2H3/t32-,33-,34+/m1/s1. The van der Waals surface area contributed by atoms with Gasteiger partial charge in [0.2, 0.25) is 0 Å². The van der Waals surface area contributed by atoms with Crippen LogP contribution in [0, 0.1) is 0 Å². The maximum absolute atomic E-state index is 13.3. The molecule has 0 aliphatic rings. The van der Waals surface area contributed by atoms with Crippen LogP contribution in [-0.4, -0.2) is 38.0 Å². The van der Waals surface area contributed by atoms with E-state index in [2.05, 4.69) is 6.58 Å². The van der Waals surface area contributed by atoms with Crippen molar-refractivity contribution in [1.29, 1.82) is 0 Å². The molecule has 0 radical (unpaired) electrons. The van der Waals surface area contributed by atoms with Crippen molar-refractivity contribution in [2.24, 2.45) is 0 Å². The van der Waals surface area contributed by atoms with Gasteiger partial charge in [-0.1, -0.05) is 97.1 Å². The van der Waals surface area contributed by atoms with Gasteiger partial charge in [-0.25, -0.2) is 4.79 Å². The van der Waals surface area contributed by atoms with E-state index in [1.165, 1.54) is 0 Å². The number of rotatable bonds is 16. The fourth-order valence-corrected chi connectivity index (χ4v) is 4.24. The predicted octanol–water partition coefficient (Wildman–Crippen LogP) is 6.79. The molecule has 0 unspecified atom stereocenters. The fraction of sp³-hybridized carbons (Fsp3) is 0.229. The van der Waals surface area contributed by atoms with Crippen LogP contribution in [0.5, 0.6) is 5.75 Å². The normalized spacial score (nSPS) is 13.1. The Kier molecular flexibility index (Phi) is 11.7. The average molecular weight is 553 g/mol. The Bertz CT molecular complexity index is 1310. The Hall–Kier alpha value is -4.23. The van der Waals surface area contributed by atoms with Gasteiger partial charge in [0.15, 0.2) is 6.10 Å². The molecule has 6 heteroatoms. The van der Waals surface area contributed by atoms with Gasteiger partial charge in [0.25, 0.3) is 0 Å². The minimum atomic E-state index is -0.796. The quantitative estimate of drug-likeness (QED) is 0.113. The molecule has 6 nitrogen and oxygen atoms in total. The summed E-state index contributed by atoms with van der Waals surface area (Å²) < 4.78 is 30.1. The molecular formula is C35H36O6. The van der Waals surface area contributed by atoms with Gasteiger partial charge < -0.3 is 23.7 Å². The Morgan fingerprint density at radius 2 is 1.22 bits per heavy atom. The Balaban J connectivity index is 1.57. The van der Waals surface area contributed by atoms with Crippen molar-refractivity contribution in [2.75, 3.05) is 13.7 Å². The van der Waals surface area contributed by atoms with E-state index in [1.807, 2.05) is 91.0 Å². The molecule has 0 N–H and O–H groups in total. The van der Waals surface area contributed by atoms with Crippen molar-refractivity contribution in [3.8, 4) is 5.75 Å². The third-order valence-electron chi connectivity index (χ3n) is 6.47. The highest BCUT2D eigenvalue weighted by Crippen LogP contribution is 2.21. The Morgan fingerprint density at radius 1 is 0.707 bits per heavy atom. The van der Waals surface area contributed by atoms with Gasteiger partial charge in [0, 0.05) is 0 Å². The van der Waals surface area contributed by atoms with Crippen molar-refractivity contribution in [2.45, 2.75) is 38.1 Å². The average Bonchev–Trinajstić information content (AvgIpc) is 3.03. The smallest absolute Gasteiger partial charge is 0.338 e. The van der Waals surface area contributed by atoms with Crippen molar-refractivity contribution in [1.82, 2.24) is 0 Å². The van der Waals surface area contributed by atoms with E-state index >= 15 is 0 Å². The molecule has 0 saturated heterocycles. The second-order valence-corrected chi connectivity index (χ2v) is 9.43. The van der Waals surface area contributed by atoms with Gasteiger partial charge in [-0.2, -0.15) is 0 Å². The first-order chi connectivity index (χ1) is 20.2. The largest absolute Gasteiger partial charge is 0.497 e. The third kappa shape index (κ3) is 9.43. The first kappa shape index (κ1) is 29.7. The lowest BCUT2D eigenvalue weighted by molar-refractivity contribution is -0.137. The Morgan fingerprint density at radius 3 is 1.73 bits per heavy atom. The molecule has 41 heavy (non-hydrogen) atoms. The van der Waals surface area contributed by atoms with E-state index in [0.717, 1.165) is 16.7 Å². The molecule has 4 aromatic carbocycles. The van der Waals surface area contributed by atoms with Crippen LogP contribution in [0.1, 0.15) is 27.0 Å². The zero-order valence-corrected chi connectivity index (χ0v) is 23.3. The Labute approximate surface area is 242 Å². The number of methoxy groups -OCH3 is 1. The van der Waals surface area contributed by atoms with Crippen LogP contribution < -0.4 is 4.74 Å².